The number of aliphatic hydroxyl groups is 5. The summed E-state index contributed by atoms with van der Waals surface area (Å²) in [5.74, 6) is -0.329. The summed E-state index contributed by atoms with van der Waals surface area (Å²) in [5, 5.41) is 55.1. The van der Waals surface area contributed by atoms with Gasteiger partial charge in [-0.15, -0.1) is 0 Å². The van der Waals surface area contributed by atoms with Crippen LogP contribution in [0.1, 0.15) is 59.3 Å². The van der Waals surface area contributed by atoms with Crippen LogP contribution in [0.5, 0.6) is 0 Å². The molecule has 4 rings (SSSR count). The van der Waals surface area contributed by atoms with Gasteiger partial charge in [-0.25, -0.2) is 0 Å². The Morgan fingerprint density at radius 3 is 2.24 bits per heavy atom. The molecule has 0 radical (unpaired) electrons. The van der Waals surface area contributed by atoms with E-state index in [0.29, 0.717) is 38.5 Å². The first-order valence-electron chi connectivity index (χ1n) is 9.53. The average Bonchev–Trinajstić information content (AvgIpc) is 2.73. The fraction of sp³-hybridized carbons (Fsp3) is 0.900. The van der Waals surface area contributed by atoms with Crippen molar-refractivity contribution in [3.8, 4) is 0 Å². The first-order chi connectivity index (χ1) is 11.3. The molecule has 5 heteroatoms. The van der Waals surface area contributed by atoms with E-state index in [4.69, 9.17) is 0 Å². The largest absolute Gasteiger partial charge is 0.392 e. The second-order valence-corrected chi connectivity index (χ2v) is 10.3. The molecule has 2 bridgehead atoms. The number of rotatable bonds is 0. The third-order valence-corrected chi connectivity index (χ3v) is 8.79. The molecule has 0 saturated heterocycles. The van der Waals surface area contributed by atoms with E-state index in [2.05, 4.69) is 6.58 Å². The number of hydrogen-bond donors (Lipinski definition) is 5. The molecule has 1 spiro atoms. The maximum Gasteiger partial charge on any atom is 0.105 e. The number of fused-ring (bicyclic) bond motifs is 2. The van der Waals surface area contributed by atoms with Crippen molar-refractivity contribution in [2.24, 2.45) is 22.7 Å². The lowest BCUT2D eigenvalue weighted by Crippen LogP contribution is -2.56. The van der Waals surface area contributed by atoms with Crippen LogP contribution in [0.4, 0.5) is 0 Å². The Labute approximate surface area is 149 Å². The highest BCUT2D eigenvalue weighted by Crippen LogP contribution is 2.69. The standard InChI is InChI=1S/C20H32O5/c1-11-12-5-6-19(24)10-18(12,9-17(19,4)23)8-15(22)20(25)13(11)7-14(21)16(20,2)3/h12-15,21-25H,1,5-10H2,2-4H3/t12-,13+,14-,15+,17+,18+,19-,20-/m0/s1. The summed E-state index contributed by atoms with van der Waals surface area (Å²) >= 11 is 0. The van der Waals surface area contributed by atoms with Crippen molar-refractivity contribution in [3.63, 3.8) is 0 Å². The van der Waals surface area contributed by atoms with Gasteiger partial charge in [0.15, 0.2) is 0 Å². The van der Waals surface area contributed by atoms with E-state index in [1.807, 2.05) is 13.8 Å². The van der Waals surface area contributed by atoms with Crippen LogP contribution in [0.2, 0.25) is 0 Å². The van der Waals surface area contributed by atoms with E-state index in [1.54, 1.807) is 6.92 Å². The van der Waals surface area contributed by atoms with E-state index < -0.39 is 39.8 Å². The number of aliphatic hydroxyl groups excluding tert-OH is 2. The van der Waals surface area contributed by atoms with E-state index in [0.717, 1.165) is 5.57 Å². The summed E-state index contributed by atoms with van der Waals surface area (Å²) in [6.07, 6.45) is 1.02. The van der Waals surface area contributed by atoms with E-state index in [9.17, 15) is 25.5 Å². The first kappa shape index (κ1) is 17.9. The molecule has 4 aliphatic carbocycles. The highest BCUT2D eigenvalue weighted by molar-refractivity contribution is 5.32. The lowest BCUT2D eigenvalue weighted by Gasteiger charge is -2.45. The highest BCUT2D eigenvalue weighted by atomic mass is 16.4. The van der Waals surface area contributed by atoms with Crippen LogP contribution >= 0.6 is 0 Å². The van der Waals surface area contributed by atoms with E-state index in [-0.39, 0.29) is 11.8 Å². The summed E-state index contributed by atoms with van der Waals surface area (Å²) in [7, 11) is 0. The van der Waals surface area contributed by atoms with Crippen molar-refractivity contribution < 1.29 is 25.5 Å². The minimum absolute atomic E-state index is 0.0384. The predicted octanol–water partition coefficient (Wildman–Crippen LogP) is 1.12. The molecule has 5 N–H and O–H groups in total. The molecule has 0 aromatic heterocycles. The monoisotopic (exact) mass is 352 g/mol. The minimum Gasteiger partial charge on any atom is -0.392 e. The first-order valence-corrected chi connectivity index (χ1v) is 9.53. The summed E-state index contributed by atoms with van der Waals surface area (Å²) in [5.41, 5.74) is -4.19. The quantitative estimate of drug-likeness (QED) is 0.421. The Morgan fingerprint density at radius 1 is 0.960 bits per heavy atom. The molecule has 25 heavy (non-hydrogen) atoms. The van der Waals surface area contributed by atoms with Gasteiger partial charge in [0.05, 0.1) is 23.4 Å². The van der Waals surface area contributed by atoms with E-state index in [1.165, 1.54) is 0 Å². The van der Waals surface area contributed by atoms with Gasteiger partial charge in [0.1, 0.15) is 5.60 Å². The van der Waals surface area contributed by atoms with Crippen molar-refractivity contribution in [2.45, 2.75) is 88.3 Å². The lowest BCUT2D eigenvalue weighted by molar-refractivity contribution is -0.170. The Hall–Kier alpha value is -0.460. The van der Waals surface area contributed by atoms with Gasteiger partial charge < -0.3 is 25.5 Å². The SMILES string of the molecule is C=C1[C@H]2C[C@H](O)C(C)(C)[C@@]2(O)[C@H](O)C[C@@]23C[C@@](O)(CC[C@@H]12)[C@](C)(O)C3. The minimum atomic E-state index is -1.44. The van der Waals surface area contributed by atoms with Gasteiger partial charge in [0, 0.05) is 11.3 Å². The molecule has 0 aromatic carbocycles. The van der Waals surface area contributed by atoms with Gasteiger partial charge in [-0.3, -0.25) is 0 Å². The van der Waals surface area contributed by atoms with Gasteiger partial charge in [-0.05, 0) is 56.8 Å². The fourth-order valence-electron chi connectivity index (χ4n) is 7.14. The normalized spacial score (nSPS) is 60.1. The van der Waals surface area contributed by atoms with Crippen LogP contribution in [-0.2, 0) is 0 Å². The zero-order chi connectivity index (χ0) is 18.6. The molecule has 0 aromatic rings. The molecule has 0 amide bonds. The van der Waals surface area contributed by atoms with Crippen molar-refractivity contribution in [1.82, 2.24) is 0 Å². The van der Waals surface area contributed by atoms with Gasteiger partial charge in [-0.1, -0.05) is 26.0 Å². The number of hydrogen-bond acceptors (Lipinski definition) is 5. The summed E-state index contributed by atoms with van der Waals surface area (Å²) in [6, 6.07) is 0. The van der Waals surface area contributed by atoms with Crippen molar-refractivity contribution in [2.75, 3.05) is 0 Å². The Kier molecular flexibility index (Phi) is 3.36. The molecule has 0 aliphatic heterocycles. The van der Waals surface area contributed by atoms with Gasteiger partial charge in [0.2, 0.25) is 0 Å². The van der Waals surface area contributed by atoms with Crippen LogP contribution in [0.3, 0.4) is 0 Å². The summed E-state index contributed by atoms with van der Waals surface area (Å²) in [6.45, 7) is 9.62. The smallest absolute Gasteiger partial charge is 0.105 e. The van der Waals surface area contributed by atoms with Crippen LogP contribution in [0.25, 0.3) is 0 Å². The predicted molar refractivity (Wildman–Crippen MR) is 92.6 cm³/mol. The lowest BCUT2D eigenvalue weighted by atomic mass is 9.62. The molecule has 4 fully saturated rings. The third-order valence-electron chi connectivity index (χ3n) is 8.79. The molecular formula is C20H32O5. The topological polar surface area (TPSA) is 101 Å². The van der Waals surface area contributed by atoms with Crippen molar-refractivity contribution in [3.05, 3.63) is 12.2 Å². The zero-order valence-electron chi connectivity index (χ0n) is 15.5. The Balaban J connectivity index is 1.83. The third kappa shape index (κ3) is 1.86. The molecule has 142 valence electrons. The van der Waals surface area contributed by atoms with Crippen molar-refractivity contribution in [1.29, 1.82) is 0 Å². The van der Waals surface area contributed by atoms with E-state index >= 15 is 0 Å². The van der Waals surface area contributed by atoms with Gasteiger partial charge in [-0.2, -0.15) is 0 Å². The molecular weight excluding hydrogens is 320 g/mol. The maximum atomic E-state index is 11.6. The van der Waals surface area contributed by atoms with Crippen molar-refractivity contribution >= 4 is 0 Å². The molecule has 0 heterocycles. The van der Waals surface area contributed by atoms with Crippen LogP contribution in [-0.4, -0.2) is 54.5 Å². The van der Waals surface area contributed by atoms with Crippen LogP contribution < -0.4 is 0 Å². The molecule has 4 saturated carbocycles. The van der Waals surface area contributed by atoms with Gasteiger partial charge >= 0.3 is 0 Å². The maximum absolute atomic E-state index is 11.6. The highest BCUT2D eigenvalue weighted by Gasteiger charge is 2.72. The average molecular weight is 352 g/mol. The molecule has 8 atom stereocenters. The van der Waals surface area contributed by atoms with Crippen LogP contribution in [0.15, 0.2) is 12.2 Å². The Bertz CT molecular complexity index is 624. The second-order valence-electron chi connectivity index (χ2n) is 10.3. The molecule has 4 aliphatic rings. The Morgan fingerprint density at radius 2 is 1.60 bits per heavy atom. The van der Waals surface area contributed by atoms with Crippen LogP contribution in [0, 0.1) is 22.7 Å². The summed E-state index contributed by atoms with van der Waals surface area (Å²) < 4.78 is 0. The molecule has 5 nitrogen and oxygen atoms in total. The molecule has 0 unspecified atom stereocenters. The summed E-state index contributed by atoms with van der Waals surface area (Å²) in [4.78, 5) is 0. The zero-order valence-corrected chi connectivity index (χ0v) is 15.5. The second kappa shape index (κ2) is 4.68. The van der Waals surface area contributed by atoms with Gasteiger partial charge in [0.25, 0.3) is 0 Å². The fourth-order valence-corrected chi connectivity index (χ4v) is 7.14.